The van der Waals surface area contributed by atoms with Gasteiger partial charge in [0.15, 0.2) is 5.76 Å². The van der Waals surface area contributed by atoms with Gasteiger partial charge >= 0.3 is 6.02 Å². The molecule has 1 saturated carbocycles. The topological polar surface area (TPSA) is 41.9 Å². The maximum absolute atomic E-state index is 12.4. The number of carbonyl (C=O) groups is 1. The number of ether oxygens (including phenoxy) is 1. The largest absolute Gasteiger partial charge is 0.420 e. The summed E-state index contributed by atoms with van der Waals surface area (Å²) in [6.45, 7) is 4.56. The molecule has 0 N–H and O–H groups in total. The molecule has 1 heterocycles. The number of amidine groups is 1. The molecule has 1 saturated heterocycles. The van der Waals surface area contributed by atoms with Crippen LogP contribution in [0.3, 0.4) is 0 Å². The number of aryl methyl sites for hydroxylation is 1. The molecule has 0 radical (unpaired) electrons. The molecule has 3 rings (SSSR count). The Morgan fingerprint density at radius 2 is 1.95 bits per heavy atom. The first-order valence-corrected chi connectivity index (χ1v) is 8.03. The molecule has 0 aromatic heterocycles. The first-order valence-electron chi connectivity index (χ1n) is 8.03. The zero-order valence-corrected chi connectivity index (χ0v) is 13.2. The van der Waals surface area contributed by atoms with E-state index < -0.39 is 0 Å². The first-order chi connectivity index (χ1) is 10.7. The number of aliphatic imine (C=N–C) groups is 1. The number of amides is 1. The minimum atomic E-state index is -0.0974. The molecular weight excluding hydrogens is 276 g/mol. The third-order valence-corrected chi connectivity index (χ3v) is 4.20. The average molecular weight is 298 g/mol. The maximum Gasteiger partial charge on any atom is 0.300 e. The second-order valence-electron chi connectivity index (χ2n) is 5.92. The third-order valence-electron chi connectivity index (χ3n) is 4.20. The van der Waals surface area contributed by atoms with E-state index in [-0.39, 0.29) is 5.91 Å². The Morgan fingerprint density at radius 3 is 2.59 bits per heavy atom. The van der Waals surface area contributed by atoms with Crippen LogP contribution in [0.25, 0.3) is 6.08 Å². The lowest BCUT2D eigenvalue weighted by Gasteiger charge is -2.11. The Bertz CT molecular complexity index is 610. The molecule has 4 heteroatoms. The van der Waals surface area contributed by atoms with E-state index in [1.54, 1.807) is 11.0 Å². The molecule has 116 valence electrons. The number of carbonyl (C=O) groups excluding carboxylic acids is 1. The predicted octanol–water partition coefficient (Wildman–Crippen LogP) is 3.51. The summed E-state index contributed by atoms with van der Waals surface area (Å²) >= 11 is 0. The number of likely N-dealkylation sites (N-methyl/N-ethyl adjacent to an activating group) is 1. The fraction of sp³-hybridized carbons (Fsp3) is 0.444. The van der Waals surface area contributed by atoms with Crippen molar-refractivity contribution in [3.63, 3.8) is 0 Å². The highest BCUT2D eigenvalue weighted by Gasteiger charge is 2.34. The molecule has 22 heavy (non-hydrogen) atoms. The quantitative estimate of drug-likeness (QED) is 0.801. The van der Waals surface area contributed by atoms with Crippen molar-refractivity contribution in [1.82, 2.24) is 4.90 Å². The molecule has 0 spiro atoms. The summed E-state index contributed by atoms with van der Waals surface area (Å²) in [5.74, 6) is 0.266. The molecular formula is C18H22N2O2. The van der Waals surface area contributed by atoms with E-state index in [1.807, 2.05) is 38.1 Å². The molecule has 1 aliphatic carbocycles. The minimum Gasteiger partial charge on any atom is -0.420 e. The summed E-state index contributed by atoms with van der Waals surface area (Å²) in [6.07, 6.45) is 6.41. The fourth-order valence-corrected chi connectivity index (χ4v) is 2.89. The molecule has 1 aliphatic heterocycles. The average Bonchev–Trinajstić information content (AvgIpc) is 3.11. The summed E-state index contributed by atoms with van der Waals surface area (Å²) in [5.41, 5.74) is 2.16. The van der Waals surface area contributed by atoms with Crippen molar-refractivity contribution in [2.24, 2.45) is 4.99 Å². The van der Waals surface area contributed by atoms with Gasteiger partial charge in [0.25, 0.3) is 5.91 Å². The molecule has 1 amide bonds. The summed E-state index contributed by atoms with van der Waals surface area (Å²) in [6, 6.07) is 8.80. The van der Waals surface area contributed by atoms with Crippen molar-refractivity contribution >= 4 is 18.0 Å². The van der Waals surface area contributed by atoms with Crippen LogP contribution in [0.2, 0.25) is 0 Å². The first kappa shape index (κ1) is 14.8. The van der Waals surface area contributed by atoms with Crippen molar-refractivity contribution in [3.8, 4) is 0 Å². The van der Waals surface area contributed by atoms with E-state index in [0.717, 1.165) is 18.4 Å². The van der Waals surface area contributed by atoms with E-state index in [4.69, 9.17) is 4.74 Å². The number of hydrogen-bond donors (Lipinski definition) is 0. The zero-order valence-electron chi connectivity index (χ0n) is 13.2. The second kappa shape index (κ2) is 6.34. The fourth-order valence-electron chi connectivity index (χ4n) is 2.89. The third kappa shape index (κ3) is 3.06. The Balaban J connectivity index is 1.84. The van der Waals surface area contributed by atoms with Gasteiger partial charge in [0.2, 0.25) is 0 Å². The van der Waals surface area contributed by atoms with Crippen LogP contribution in [0.15, 0.2) is 35.0 Å². The Labute approximate surface area is 131 Å². The smallest absolute Gasteiger partial charge is 0.300 e. The molecule has 1 aromatic rings. The molecule has 2 aliphatic rings. The van der Waals surface area contributed by atoms with E-state index >= 15 is 0 Å². The Kier molecular flexibility index (Phi) is 4.27. The predicted molar refractivity (Wildman–Crippen MR) is 87.3 cm³/mol. The lowest BCUT2D eigenvalue weighted by atomic mass is 10.1. The van der Waals surface area contributed by atoms with Gasteiger partial charge in [-0.1, -0.05) is 42.7 Å². The summed E-state index contributed by atoms with van der Waals surface area (Å²) in [4.78, 5) is 18.7. The van der Waals surface area contributed by atoms with Gasteiger partial charge < -0.3 is 4.74 Å². The minimum absolute atomic E-state index is 0.0974. The van der Waals surface area contributed by atoms with Crippen molar-refractivity contribution in [2.75, 3.05) is 6.54 Å². The summed E-state index contributed by atoms with van der Waals surface area (Å²) in [7, 11) is 0. The standard InChI is InChI=1S/C18H22N2O2/c1-3-20-17(21)16(12-14-10-8-13(2)9-11-14)22-18(20)19-15-6-4-5-7-15/h8-12,15H,3-7H2,1-2H3/b16-12+,19-18+. The van der Waals surface area contributed by atoms with E-state index in [9.17, 15) is 4.79 Å². The van der Waals surface area contributed by atoms with Gasteiger partial charge in [-0.15, -0.1) is 0 Å². The lowest BCUT2D eigenvalue weighted by Crippen LogP contribution is -2.30. The van der Waals surface area contributed by atoms with Crippen LogP contribution in [-0.4, -0.2) is 29.4 Å². The van der Waals surface area contributed by atoms with Gasteiger partial charge in [-0.2, -0.15) is 0 Å². The molecule has 0 unspecified atom stereocenters. The van der Waals surface area contributed by atoms with Crippen LogP contribution in [0.5, 0.6) is 0 Å². The van der Waals surface area contributed by atoms with E-state index in [2.05, 4.69) is 4.99 Å². The Hall–Kier alpha value is -2.10. The van der Waals surface area contributed by atoms with Crippen LogP contribution < -0.4 is 0 Å². The Morgan fingerprint density at radius 1 is 1.27 bits per heavy atom. The van der Waals surface area contributed by atoms with Crippen LogP contribution >= 0.6 is 0 Å². The number of benzene rings is 1. The van der Waals surface area contributed by atoms with Crippen molar-refractivity contribution in [3.05, 3.63) is 41.2 Å². The number of nitrogens with zero attached hydrogens (tertiary/aromatic N) is 2. The number of rotatable bonds is 3. The summed E-state index contributed by atoms with van der Waals surface area (Å²) in [5, 5.41) is 0. The van der Waals surface area contributed by atoms with Crippen molar-refractivity contribution in [2.45, 2.75) is 45.6 Å². The van der Waals surface area contributed by atoms with Gasteiger partial charge in [0, 0.05) is 6.54 Å². The molecule has 2 fully saturated rings. The molecule has 1 aromatic carbocycles. The monoisotopic (exact) mass is 298 g/mol. The molecule has 4 nitrogen and oxygen atoms in total. The maximum atomic E-state index is 12.4. The summed E-state index contributed by atoms with van der Waals surface area (Å²) < 4.78 is 5.76. The highest BCUT2D eigenvalue weighted by Crippen LogP contribution is 2.25. The van der Waals surface area contributed by atoms with Crippen molar-refractivity contribution < 1.29 is 9.53 Å². The van der Waals surface area contributed by atoms with Crippen LogP contribution in [0, 0.1) is 6.92 Å². The highest BCUT2D eigenvalue weighted by molar-refractivity contribution is 6.11. The molecule has 0 atom stereocenters. The SMILES string of the molecule is CCN1C(=O)/C(=C\c2ccc(C)cc2)O/C1=N/C1CCCC1. The normalized spacial score (nSPS) is 22.8. The molecule has 0 bridgehead atoms. The van der Waals surface area contributed by atoms with Crippen LogP contribution in [0.1, 0.15) is 43.7 Å². The van der Waals surface area contributed by atoms with E-state index in [1.165, 1.54) is 18.4 Å². The second-order valence-corrected chi connectivity index (χ2v) is 5.92. The van der Waals surface area contributed by atoms with Crippen LogP contribution in [-0.2, 0) is 9.53 Å². The number of hydrogen-bond acceptors (Lipinski definition) is 3. The van der Waals surface area contributed by atoms with Gasteiger partial charge in [0.1, 0.15) is 0 Å². The van der Waals surface area contributed by atoms with Crippen LogP contribution in [0.4, 0.5) is 0 Å². The van der Waals surface area contributed by atoms with Gasteiger partial charge in [0.05, 0.1) is 6.04 Å². The zero-order chi connectivity index (χ0) is 15.5. The van der Waals surface area contributed by atoms with Gasteiger partial charge in [-0.3, -0.25) is 9.69 Å². The lowest BCUT2D eigenvalue weighted by molar-refractivity contribution is -0.122. The van der Waals surface area contributed by atoms with Gasteiger partial charge in [-0.25, -0.2) is 4.99 Å². The van der Waals surface area contributed by atoms with E-state index in [0.29, 0.717) is 24.4 Å². The highest BCUT2D eigenvalue weighted by atomic mass is 16.5. The van der Waals surface area contributed by atoms with Gasteiger partial charge in [-0.05, 0) is 38.3 Å². The van der Waals surface area contributed by atoms with Crippen molar-refractivity contribution in [1.29, 1.82) is 0 Å².